The third-order valence-corrected chi connectivity index (χ3v) is 5.60. The number of pyridine rings is 2. The van der Waals surface area contributed by atoms with Gasteiger partial charge in [0.15, 0.2) is 0 Å². The molecule has 0 radical (unpaired) electrons. The summed E-state index contributed by atoms with van der Waals surface area (Å²) in [6, 6.07) is 14.7. The normalized spacial score (nSPS) is 10.5. The summed E-state index contributed by atoms with van der Waals surface area (Å²) in [6.07, 6.45) is 3.17. The van der Waals surface area contributed by atoms with Gasteiger partial charge in [-0.2, -0.15) is 0 Å². The molecule has 3 heterocycles. The minimum absolute atomic E-state index is 0.176. The van der Waals surface area contributed by atoms with Crippen LogP contribution in [0.5, 0.6) is 0 Å². The number of nitrogen functional groups attached to an aromatic ring is 1. The second kappa shape index (κ2) is 9.98. The monoisotopic (exact) mass is 459 g/mol. The molecule has 33 heavy (non-hydrogen) atoms. The molecule has 1 aromatic carbocycles. The van der Waals surface area contributed by atoms with E-state index < -0.39 is 5.91 Å². The van der Waals surface area contributed by atoms with E-state index in [0.29, 0.717) is 17.9 Å². The maximum atomic E-state index is 12.0. The van der Waals surface area contributed by atoms with E-state index in [1.54, 1.807) is 24.4 Å². The van der Waals surface area contributed by atoms with Crippen LogP contribution in [-0.4, -0.2) is 33.4 Å². The fraction of sp³-hybridized carbons (Fsp3) is 0.0870. The van der Waals surface area contributed by atoms with Crippen molar-refractivity contribution in [3.05, 3.63) is 72.0 Å². The largest absolute Gasteiger partial charge is 0.338 e. The first-order valence-electron chi connectivity index (χ1n) is 10.1. The van der Waals surface area contributed by atoms with Crippen LogP contribution in [0.2, 0.25) is 0 Å². The molecule has 9 nitrogen and oxygen atoms in total. The first-order valence-corrected chi connectivity index (χ1v) is 11.0. The first kappa shape index (κ1) is 22.1. The van der Waals surface area contributed by atoms with Crippen LogP contribution in [0.4, 0.5) is 10.6 Å². The number of aromatic nitrogens is 3. The molecule has 0 aliphatic heterocycles. The molecule has 3 aromatic heterocycles. The standard InChI is InChI=1S/C23H21N7O2S/c1-2-25-23(32)29-20-11-16(22-28-19(13-33-22)14-6-4-3-5-7-14)17(12-27-20)15-8-9-26-18(10-15)21(31)30-24/h3-13H,2,24H2,1H3,(H,30,31)(H2,25,27,29,32). The zero-order valence-corrected chi connectivity index (χ0v) is 18.5. The van der Waals surface area contributed by atoms with Crippen LogP contribution in [0.1, 0.15) is 17.4 Å². The molecule has 3 amide bonds. The lowest BCUT2D eigenvalue weighted by molar-refractivity contribution is 0.0948. The van der Waals surface area contributed by atoms with Gasteiger partial charge in [0.1, 0.15) is 16.5 Å². The molecule has 5 N–H and O–H groups in total. The Hall–Kier alpha value is -4.15. The number of thiazole rings is 1. The lowest BCUT2D eigenvalue weighted by Gasteiger charge is -2.11. The molecule has 0 atom stereocenters. The van der Waals surface area contributed by atoms with Crippen LogP contribution in [0, 0.1) is 0 Å². The van der Waals surface area contributed by atoms with Crippen LogP contribution in [-0.2, 0) is 0 Å². The summed E-state index contributed by atoms with van der Waals surface area (Å²) in [5.74, 6) is 5.14. The van der Waals surface area contributed by atoms with Gasteiger partial charge in [-0.25, -0.2) is 20.6 Å². The number of benzene rings is 1. The second-order valence-corrected chi connectivity index (χ2v) is 7.76. The Labute approximate surface area is 194 Å². The van der Waals surface area contributed by atoms with Gasteiger partial charge in [-0.3, -0.25) is 20.5 Å². The van der Waals surface area contributed by atoms with Gasteiger partial charge < -0.3 is 5.32 Å². The molecule has 0 bridgehead atoms. The van der Waals surface area contributed by atoms with Gasteiger partial charge in [0.05, 0.1) is 5.69 Å². The van der Waals surface area contributed by atoms with Crippen molar-refractivity contribution in [3.63, 3.8) is 0 Å². The van der Waals surface area contributed by atoms with E-state index in [4.69, 9.17) is 10.8 Å². The van der Waals surface area contributed by atoms with Crippen molar-refractivity contribution in [2.45, 2.75) is 6.92 Å². The van der Waals surface area contributed by atoms with Crippen LogP contribution >= 0.6 is 11.3 Å². The molecular formula is C23H21N7O2S. The smallest absolute Gasteiger partial charge is 0.320 e. The number of hydrazine groups is 1. The fourth-order valence-electron chi connectivity index (χ4n) is 3.19. The van der Waals surface area contributed by atoms with E-state index in [0.717, 1.165) is 27.4 Å². The second-order valence-electron chi connectivity index (χ2n) is 6.91. The Balaban J connectivity index is 1.80. The molecule has 0 aliphatic rings. The average Bonchev–Trinajstić information content (AvgIpc) is 3.34. The first-order chi connectivity index (χ1) is 16.1. The van der Waals surface area contributed by atoms with Crippen molar-refractivity contribution in [2.24, 2.45) is 5.84 Å². The summed E-state index contributed by atoms with van der Waals surface area (Å²) < 4.78 is 0. The Bertz CT molecular complexity index is 1290. The molecule has 10 heteroatoms. The van der Waals surface area contributed by atoms with Crippen LogP contribution in [0.15, 0.2) is 66.3 Å². The van der Waals surface area contributed by atoms with Crippen molar-refractivity contribution < 1.29 is 9.59 Å². The molecule has 0 saturated heterocycles. The van der Waals surface area contributed by atoms with Crippen molar-refractivity contribution in [2.75, 3.05) is 11.9 Å². The number of carbonyl (C=O) groups excluding carboxylic acids is 2. The molecule has 0 unspecified atom stereocenters. The van der Waals surface area contributed by atoms with E-state index in [-0.39, 0.29) is 11.7 Å². The van der Waals surface area contributed by atoms with E-state index >= 15 is 0 Å². The summed E-state index contributed by atoms with van der Waals surface area (Å²) in [5.41, 5.74) is 6.32. The predicted molar refractivity (Wildman–Crippen MR) is 128 cm³/mol. The van der Waals surface area contributed by atoms with Gasteiger partial charge in [0, 0.05) is 41.0 Å². The van der Waals surface area contributed by atoms with Crippen molar-refractivity contribution >= 4 is 29.1 Å². The minimum Gasteiger partial charge on any atom is -0.338 e. The van der Waals surface area contributed by atoms with Crippen LogP contribution in [0.3, 0.4) is 0 Å². The van der Waals surface area contributed by atoms with Gasteiger partial charge in [0.25, 0.3) is 5.91 Å². The van der Waals surface area contributed by atoms with Crippen LogP contribution < -0.4 is 21.9 Å². The van der Waals surface area contributed by atoms with Gasteiger partial charge in [-0.15, -0.1) is 11.3 Å². The SMILES string of the molecule is CCNC(=O)Nc1cc(-c2nc(-c3ccccc3)cs2)c(-c2ccnc(C(=O)NN)c2)cn1. The summed E-state index contributed by atoms with van der Waals surface area (Å²) >= 11 is 1.48. The van der Waals surface area contributed by atoms with Gasteiger partial charge in [-0.05, 0) is 30.7 Å². The molecule has 4 rings (SSSR count). The Morgan fingerprint density at radius 3 is 2.61 bits per heavy atom. The number of nitrogens with two attached hydrogens (primary N) is 1. The number of urea groups is 1. The summed E-state index contributed by atoms with van der Waals surface area (Å²) in [6.45, 7) is 2.33. The quantitative estimate of drug-likeness (QED) is 0.197. The molecule has 0 saturated carbocycles. The van der Waals surface area contributed by atoms with E-state index in [1.807, 2.05) is 42.6 Å². The van der Waals surface area contributed by atoms with Crippen molar-refractivity contribution in [1.29, 1.82) is 0 Å². The molecule has 4 aromatic rings. The predicted octanol–water partition coefficient (Wildman–Crippen LogP) is 3.68. The maximum Gasteiger partial charge on any atom is 0.320 e. The zero-order valence-electron chi connectivity index (χ0n) is 17.7. The molecule has 0 aliphatic carbocycles. The van der Waals surface area contributed by atoms with Gasteiger partial charge in [0.2, 0.25) is 0 Å². The van der Waals surface area contributed by atoms with E-state index in [1.165, 1.54) is 17.5 Å². The Morgan fingerprint density at radius 2 is 1.85 bits per heavy atom. The number of anilines is 1. The summed E-state index contributed by atoms with van der Waals surface area (Å²) in [7, 11) is 0. The molecule has 0 spiro atoms. The highest BCUT2D eigenvalue weighted by atomic mass is 32.1. The molecule has 0 fully saturated rings. The highest BCUT2D eigenvalue weighted by Crippen LogP contribution is 2.36. The number of rotatable bonds is 6. The number of carbonyl (C=O) groups is 2. The number of nitrogens with one attached hydrogen (secondary N) is 3. The summed E-state index contributed by atoms with van der Waals surface area (Å²) in [4.78, 5) is 37.3. The minimum atomic E-state index is -0.499. The number of nitrogens with zero attached hydrogens (tertiary/aromatic N) is 3. The fourth-order valence-corrected chi connectivity index (χ4v) is 4.05. The third-order valence-electron chi connectivity index (χ3n) is 4.72. The molecule has 166 valence electrons. The third kappa shape index (κ3) is 5.03. The maximum absolute atomic E-state index is 12.0. The number of amides is 3. The number of hydrogen-bond acceptors (Lipinski definition) is 7. The van der Waals surface area contributed by atoms with Crippen molar-refractivity contribution in [1.82, 2.24) is 25.7 Å². The highest BCUT2D eigenvalue weighted by Gasteiger charge is 2.16. The van der Waals surface area contributed by atoms with E-state index in [2.05, 4.69) is 26.0 Å². The topological polar surface area (TPSA) is 135 Å². The lowest BCUT2D eigenvalue weighted by atomic mass is 10.0. The lowest BCUT2D eigenvalue weighted by Crippen LogP contribution is -2.30. The Morgan fingerprint density at radius 1 is 1.03 bits per heavy atom. The van der Waals surface area contributed by atoms with Gasteiger partial charge in [-0.1, -0.05) is 30.3 Å². The van der Waals surface area contributed by atoms with Gasteiger partial charge >= 0.3 is 6.03 Å². The van der Waals surface area contributed by atoms with Crippen LogP contribution in [0.25, 0.3) is 33.0 Å². The molecular weight excluding hydrogens is 438 g/mol. The number of hydrogen-bond donors (Lipinski definition) is 4. The van der Waals surface area contributed by atoms with E-state index in [9.17, 15) is 9.59 Å². The van der Waals surface area contributed by atoms with Crippen molar-refractivity contribution in [3.8, 4) is 33.0 Å². The Kier molecular flexibility index (Phi) is 6.67. The summed E-state index contributed by atoms with van der Waals surface area (Å²) in [5, 5.41) is 8.14. The highest BCUT2D eigenvalue weighted by molar-refractivity contribution is 7.13. The average molecular weight is 460 g/mol. The zero-order chi connectivity index (χ0) is 23.2.